The van der Waals surface area contributed by atoms with Crippen LogP contribution in [0.25, 0.3) is 11.0 Å². The Bertz CT molecular complexity index is 1760. The molecule has 3 N–H and O–H groups in total. The molecule has 256 valence electrons. The Morgan fingerprint density at radius 1 is 1.10 bits per heavy atom. The third-order valence-electron chi connectivity index (χ3n) is 10.1. The van der Waals surface area contributed by atoms with Gasteiger partial charge < -0.3 is 29.7 Å². The maximum Gasteiger partial charge on any atom is 0.330 e. The molecule has 11 nitrogen and oxygen atoms in total. The largest absolute Gasteiger partial charge is 0.466 e. The van der Waals surface area contributed by atoms with Gasteiger partial charge in [0.1, 0.15) is 23.9 Å². The van der Waals surface area contributed by atoms with Gasteiger partial charge >= 0.3 is 5.97 Å². The standard InChI is InChI=1S/C37H46N4O7/c1-23-17-18-27-24(2)11-9-19-37(27,21-23)40-31(42)22-41-20-10-14-29(36(41)46)39-34(44)28(13-6-8-16-32(43)47-4)38-35(45)33-25(3)26-12-5-7-15-30(26)48-33/h5,7-8,10,12,14-16,20,23-24,27-28H,6,9,11,13,17-19,21-22H2,1-4H3,(H,38,45)(H,39,44)(H,40,42)/b16-8+/t23?,24?,27?,28-,37?/m0/s1. The van der Waals surface area contributed by atoms with Crippen molar-refractivity contribution in [1.82, 2.24) is 15.2 Å². The highest BCUT2D eigenvalue weighted by atomic mass is 16.5. The van der Waals surface area contributed by atoms with Crippen LogP contribution >= 0.6 is 0 Å². The summed E-state index contributed by atoms with van der Waals surface area (Å²) in [6.45, 7) is 6.11. The number of furan rings is 1. The van der Waals surface area contributed by atoms with E-state index >= 15 is 0 Å². The van der Waals surface area contributed by atoms with E-state index in [1.807, 2.05) is 12.1 Å². The minimum atomic E-state index is -1.08. The molecular formula is C37H46N4O7. The molecule has 2 saturated carbocycles. The third-order valence-corrected chi connectivity index (χ3v) is 10.1. The maximum atomic E-state index is 13.6. The summed E-state index contributed by atoms with van der Waals surface area (Å²) >= 11 is 0. The van der Waals surface area contributed by atoms with Crippen molar-refractivity contribution in [3.63, 3.8) is 0 Å². The van der Waals surface area contributed by atoms with E-state index < -0.39 is 29.4 Å². The summed E-state index contributed by atoms with van der Waals surface area (Å²) in [5.74, 6) is -0.427. The minimum Gasteiger partial charge on any atom is -0.466 e. The number of para-hydroxylation sites is 1. The van der Waals surface area contributed by atoms with Gasteiger partial charge in [0.2, 0.25) is 11.8 Å². The van der Waals surface area contributed by atoms with Crippen LogP contribution in [0, 0.1) is 24.7 Å². The number of esters is 1. The normalized spacial score (nSPS) is 22.9. The second-order valence-electron chi connectivity index (χ2n) is 13.5. The fraction of sp³-hybridized carbons (Fsp3) is 0.486. The van der Waals surface area contributed by atoms with Crippen molar-refractivity contribution in [1.29, 1.82) is 0 Å². The highest BCUT2D eigenvalue weighted by Gasteiger charge is 2.47. The van der Waals surface area contributed by atoms with Crippen LogP contribution < -0.4 is 21.5 Å². The van der Waals surface area contributed by atoms with Crippen LogP contribution in [-0.2, 0) is 25.7 Å². The van der Waals surface area contributed by atoms with Gasteiger partial charge in [0.05, 0.1) is 7.11 Å². The molecule has 0 radical (unpaired) electrons. The predicted molar refractivity (Wildman–Crippen MR) is 182 cm³/mol. The number of amides is 3. The topological polar surface area (TPSA) is 149 Å². The summed E-state index contributed by atoms with van der Waals surface area (Å²) in [7, 11) is 1.26. The molecule has 5 atom stereocenters. The summed E-state index contributed by atoms with van der Waals surface area (Å²) in [6.07, 6.45) is 11.1. The Kier molecular flexibility index (Phi) is 10.9. The van der Waals surface area contributed by atoms with Crippen molar-refractivity contribution in [3.05, 3.63) is 76.4 Å². The number of benzene rings is 1. The van der Waals surface area contributed by atoms with Gasteiger partial charge in [-0.25, -0.2) is 4.79 Å². The maximum absolute atomic E-state index is 13.6. The SMILES string of the molecule is COC(=O)/C=C/CC[C@H](NC(=O)c1oc2ccccc2c1C)C(=O)Nc1cccn(CC(=O)NC23CCCC(C)C2CCC(C)C3)c1=O. The Hall–Kier alpha value is -4.67. The number of hydrogen-bond acceptors (Lipinski definition) is 7. The second-order valence-corrected chi connectivity index (χ2v) is 13.5. The summed E-state index contributed by atoms with van der Waals surface area (Å²) in [5.41, 5.74) is 0.366. The number of ether oxygens (including phenoxy) is 1. The van der Waals surface area contributed by atoms with Gasteiger partial charge in [-0.15, -0.1) is 0 Å². The molecule has 2 aromatic heterocycles. The molecule has 2 heterocycles. The molecular weight excluding hydrogens is 612 g/mol. The van der Waals surface area contributed by atoms with E-state index in [4.69, 9.17) is 4.42 Å². The van der Waals surface area contributed by atoms with Gasteiger partial charge in [-0.05, 0) is 75.0 Å². The number of allylic oxidation sites excluding steroid dienone is 1. The number of carbonyl (C=O) groups is 4. The van der Waals surface area contributed by atoms with Gasteiger partial charge in [-0.1, -0.05) is 57.4 Å². The van der Waals surface area contributed by atoms with E-state index in [-0.39, 0.29) is 42.3 Å². The smallest absolute Gasteiger partial charge is 0.330 e. The average Bonchev–Trinajstić information content (AvgIpc) is 3.40. The summed E-state index contributed by atoms with van der Waals surface area (Å²) in [5, 5.41) is 9.53. The predicted octanol–water partition coefficient (Wildman–Crippen LogP) is 5.26. The van der Waals surface area contributed by atoms with Gasteiger partial charge in [-0.2, -0.15) is 0 Å². The van der Waals surface area contributed by atoms with Crippen molar-refractivity contribution in [2.24, 2.45) is 17.8 Å². The summed E-state index contributed by atoms with van der Waals surface area (Å²) < 4.78 is 11.7. The van der Waals surface area contributed by atoms with Gasteiger partial charge in [0, 0.05) is 28.8 Å². The Morgan fingerprint density at radius 3 is 2.67 bits per heavy atom. The highest BCUT2D eigenvalue weighted by Crippen LogP contribution is 2.48. The molecule has 2 aliphatic rings. The molecule has 0 saturated heterocycles. The van der Waals surface area contributed by atoms with E-state index in [0.717, 1.165) is 37.5 Å². The first-order valence-electron chi connectivity index (χ1n) is 16.9. The number of carbonyl (C=O) groups excluding carboxylic acids is 4. The van der Waals surface area contributed by atoms with Crippen LogP contribution in [0.1, 0.15) is 81.3 Å². The molecule has 1 aromatic carbocycles. The first-order valence-corrected chi connectivity index (χ1v) is 16.9. The summed E-state index contributed by atoms with van der Waals surface area (Å²) in [6, 6.07) is 9.23. The number of anilines is 1. The molecule has 11 heteroatoms. The first-order chi connectivity index (χ1) is 23.0. The van der Waals surface area contributed by atoms with Crippen molar-refractivity contribution < 1.29 is 28.3 Å². The van der Waals surface area contributed by atoms with E-state index in [1.54, 1.807) is 31.2 Å². The fourth-order valence-electron chi connectivity index (χ4n) is 7.72. The van der Waals surface area contributed by atoms with Crippen LogP contribution in [-0.4, -0.2) is 46.9 Å². The van der Waals surface area contributed by atoms with Crippen LogP contribution in [0.15, 0.2) is 64.0 Å². The lowest BCUT2D eigenvalue weighted by Crippen LogP contribution is -2.60. The Labute approximate surface area is 280 Å². The van der Waals surface area contributed by atoms with E-state index in [1.165, 1.54) is 36.4 Å². The van der Waals surface area contributed by atoms with Crippen molar-refractivity contribution >= 4 is 40.3 Å². The van der Waals surface area contributed by atoms with E-state index in [0.29, 0.717) is 28.9 Å². The third kappa shape index (κ3) is 7.72. The number of aromatic nitrogens is 1. The number of nitrogens with zero attached hydrogens (tertiary/aromatic N) is 1. The number of aryl methyl sites for hydroxylation is 1. The lowest BCUT2D eigenvalue weighted by atomic mass is 9.59. The van der Waals surface area contributed by atoms with E-state index in [9.17, 15) is 24.0 Å². The van der Waals surface area contributed by atoms with Crippen molar-refractivity contribution in [3.8, 4) is 0 Å². The molecule has 4 unspecified atom stereocenters. The van der Waals surface area contributed by atoms with Crippen molar-refractivity contribution in [2.75, 3.05) is 12.4 Å². The van der Waals surface area contributed by atoms with Crippen molar-refractivity contribution in [2.45, 2.75) is 90.3 Å². The minimum absolute atomic E-state index is 0.0202. The van der Waals surface area contributed by atoms with Crippen LogP contribution in [0.3, 0.4) is 0 Å². The fourth-order valence-corrected chi connectivity index (χ4v) is 7.72. The molecule has 0 bridgehead atoms. The monoisotopic (exact) mass is 658 g/mol. The molecule has 48 heavy (non-hydrogen) atoms. The Balaban J connectivity index is 1.30. The zero-order valence-corrected chi connectivity index (χ0v) is 28.2. The number of fused-ring (bicyclic) bond motifs is 2. The average molecular weight is 659 g/mol. The zero-order valence-electron chi connectivity index (χ0n) is 28.2. The van der Waals surface area contributed by atoms with Gasteiger partial charge in [0.15, 0.2) is 5.76 Å². The number of nitrogens with one attached hydrogen (secondary N) is 3. The van der Waals surface area contributed by atoms with Gasteiger partial charge in [-0.3, -0.25) is 19.2 Å². The van der Waals surface area contributed by atoms with Crippen LogP contribution in [0.4, 0.5) is 5.69 Å². The lowest BCUT2D eigenvalue weighted by molar-refractivity contribution is -0.135. The van der Waals surface area contributed by atoms with Crippen LogP contribution in [0.2, 0.25) is 0 Å². The molecule has 2 aliphatic carbocycles. The highest BCUT2D eigenvalue weighted by molar-refractivity contribution is 6.03. The number of methoxy groups -OCH3 is 1. The molecule has 0 spiro atoms. The molecule has 5 rings (SSSR count). The number of pyridine rings is 1. The van der Waals surface area contributed by atoms with E-state index in [2.05, 4.69) is 34.5 Å². The number of hydrogen-bond donors (Lipinski definition) is 3. The summed E-state index contributed by atoms with van der Waals surface area (Å²) in [4.78, 5) is 65.4. The second kappa shape index (κ2) is 15.0. The first kappa shape index (κ1) is 34.7. The Morgan fingerprint density at radius 2 is 1.90 bits per heavy atom. The van der Waals surface area contributed by atoms with Crippen LogP contribution in [0.5, 0.6) is 0 Å². The molecule has 3 aromatic rings. The lowest BCUT2D eigenvalue weighted by Gasteiger charge is -2.52. The molecule has 3 amide bonds. The molecule has 0 aliphatic heterocycles. The van der Waals surface area contributed by atoms with Gasteiger partial charge in [0.25, 0.3) is 11.5 Å². The zero-order chi connectivity index (χ0) is 34.4. The number of rotatable bonds is 11. The quantitative estimate of drug-likeness (QED) is 0.188. The molecule has 2 fully saturated rings.